The van der Waals surface area contributed by atoms with Crippen molar-refractivity contribution < 1.29 is 14.9 Å². The highest BCUT2D eigenvalue weighted by molar-refractivity contribution is 5.87. The first-order chi connectivity index (χ1) is 9.61. The van der Waals surface area contributed by atoms with E-state index in [1.165, 1.54) is 0 Å². The molecule has 0 unspecified atom stereocenters. The molecule has 102 valence electrons. The van der Waals surface area contributed by atoms with Gasteiger partial charge in [-0.05, 0) is 34.5 Å². The molecule has 0 bridgehead atoms. The van der Waals surface area contributed by atoms with E-state index in [2.05, 4.69) is 15.4 Å². The van der Waals surface area contributed by atoms with Gasteiger partial charge in [-0.3, -0.25) is 0 Å². The molecule has 0 aromatic carbocycles. The predicted molar refractivity (Wildman–Crippen MR) is 65.0 cm³/mol. The van der Waals surface area contributed by atoms with E-state index in [0.29, 0.717) is 30.0 Å². The predicted octanol–water partition coefficient (Wildman–Crippen LogP) is -0.902. The SMILES string of the molecule is O=C(O)C1=CC=CN(Cc2ccc3n[n+]([O-])nn3n2)C1. The number of carbonyl (C=O) groups is 1. The van der Waals surface area contributed by atoms with E-state index in [1.54, 1.807) is 35.4 Å². The van der Waals surface area contributed by atoms with E-state index in [0.717, 1.165) is 4.63 Å². The number of aliphatic carboxylic acids is 1. The zero-order valence-corrected chi connectivity index (χ0v) is 10.2. The van der Waals surface area contributed by atoms with Crippen LogP contribution in [0.25, 0.3) is 5.65 Å². The number of rotatable bonds is 3. The molecule has 0 aliphatic carbocycles. The Kier molecular flexibility index (Phi) is 2.78. The van der Waals surface area contributed by atoms with E-state index in [-0.39, 0.29) is 4.96 Å². The van der Waals surface area contributed by atoms with Gasteiger partial charge in [-0.15, -0.1) is 0 Å². The second kappa shape index (κ2) is 4.61. The van der Waals surface area contributed by atoms with Gasteiger partial charge in [0.05, 0.1) is 12.1 Å². The normalized spacial score (nSPS) is 14.6. The fourth-order valence-corrected chi connectivity index (χ4v) is 1.91. The van der Waals surface area contributed by atoms with Gasteiger partial charge < -0.3 is 15.2 Å². The molecule has 0 atom stereocenters. The van der Waals surface area contributed by atoms with Crippen LogP contribution in [0.1, 0.15) is 5.69 Å². The van der Waals surface area contributed by atoms with Gasteiger partial charge in [-0.25, -0.2) is 4.79 Å². The molecular formula is C11H10N6O3. The average molecular weight is 274 g/mol. The first kappa shape index (κ1) is 12.1. The highest BCUT2D eigenvalue weighted by atomic mass is 16.5. The summed E-state index contributed by atoms with van der Waals surface area (Å²) in [6.45, 7) is 0.709. The van der Waals surface area contributed by atoms with Crippen molar-refractivity contribution in [2.24, 2.45) is 0 Å². The van der Waals surface area contributed by atoms with Crippen molar-refractivity contribution in [1.82, 2.24) is 24.9 Å². The average Bonchev–Trinajstić information content (AvgIpc) is 2.78. The van der Waals surface area contributed by atoms with Gasteiger partial charge in [0.1, 0.15) is 10.9 Å². The van der Waals surface area contributed by atoms with Gasteiger partial charge in [-0.2, -0.15) is 0 Å². The minimum atomic E-state index is -0.938. The van der Waals surface area contributed by atoms with Gasteiger partial charge in [0, 0.05) is 17.2 Å². The second-order valence-corrected chi connectivity index (χ2v) is 4.26. The number of carboxylic acid groups (broad SMARTS) is 1. The molecule has 3 rings (SSSR count). The highest BCUT2D eigenvalue weighted by Crippen LogP contribution is 2.11. The van der Waals surface area contributed by atoms with Crippen molar-refractivity contribution >= 4 is 11.6 Å². The van der Waals surface area contributed by atoms with Crippen molar-refractivity contribution in [3.8, 4) is 0 Å². The van der Waals surface area contributed by atoms with Gasteiger partial charge in [0.15, 0.2) is 0 Å². The molecule has 3 heterocycles. The smallest absolute Gasteiger partial charge is 0.333 e. The van der Waals surface area contributed by atoms with E-state index in [4.69, 9.17) is 5.11 Å². The van der Waals surface area contributed by atoms with Crippen LogP contribution < -0.4 is 4.96 Å². The minimum absolute atomic E-state index is 0.193. The molecule has 9 nitrogen and oxygen atoms in total. The second-order valence-electron chi connectivity index (χ2n) is 4.26. The van der Waals surface area contributed by atoms with Crippen LogP contribution in [0.15, 0.2) is 36.1 Å². The van der Waals surface area contributed by atoms with Crippen LogP contribution in [0.4, 0.5) is 0 Å². The molecule has 20 heavy (non-hydrogen) atoms. The number of nitrogens with zero attached hydrogens (tertiary/aromatic N) is 6. The summed E-state index contributed by atoms with van der Waals surface area (Å²) in [5.41, 5.74) is 1.31. The summed E-state index contributed by atoms with van der Waals surface area (Å²) < 4.78 is 1.14. The fourth-order valence-electron chi connectivity index (χ4n) is 1.91. The highest BCUT2D eigenvalue weighted by Gasteiger charge is 2.16. The summed E-state index contributed by atoms with van der Waals surface area (Å²) >= 11 is 0. The molecule has 2 aromatic rings. The lowest BCUT2D eigenvalue weighted by atomic mass is 10.2. The maximum absolute atomic E-state index is 10.9. The van der Waals surface area contributed by atoms with Gasteiger partial charge >= 0.3 is 11.6 Å². The summed E-state index contributed by atoms with van der Waals surface area (Å²) in [6.07, 6.45) is 5.02. The van der Waals surface area contributed by atoms with E-state index < -0.39 is 5.97 Å². The molecule has 0 fully saturated rings. The van der Waals surface area contributed by atoms with E-state index in [9.17, 15) is 10.0 Å². The van der Waals surface area contributed by atoms with Crippen LogP contribution in [-0.2, 0) is 11.3 Å². The van der Waals surface area contributed by atoms with Crippen molar-refractivity contribution in [1.29, 1.82) is 0 Å². The largest absolute Gasteiger partial charge is 0.671 e. The number of hydrogen-bond donors (Lipinski definition) is 1. The van der Waals surface area contributed by atoms with E-state index >= 15 is 0 Å². The number of aromatic nitrogens is 5. The molecule has 9 heteroatoms. The molecule has 0 spiro atoms. The van der Waals surface area contributed by atoms with Crippen molar-refractivity contribution in [3.05, 3.63) is 47.0 Å². The summed E-state index contributed by atoms with van der Waals surface area (Å²) in [4.78, 5) is 12.9. The van der Waals surface area contributed by atoms with Crippen LogP contribution >= 0.6 is 0 Å². The van der Waals surface area contributed by atoms with E-state index in [1.807, 2.05) is 0 Å². The molecule has 1 aliphatic rings. The molecule has 2 aromatic heterocycles. The third kappa shape index (κ3) is 2.28. The Balaban J connectivity index is 1.78. The van der Waals surface area contributed by atoms with Crippen LogP contribution in [0.3, 0.4) is 0 Å². The van der Waals surface area contributed by atoms with Gasteiger partial charge in [0.25, 0.3) is 0 Å². The number of tetrazole rings is 1. The summed E-state index contributed by atoms with van der Waals surface area (Å²) in [6, 6.07) is 3.35. The van der Waals surface area contributed by atoms with Gasteiger partial charge in [0.2, 0.25) is 0 Å². The van der Waals surface area contributed by atoms with Crippen molar-refractivity contribution in [2.75, 3.05) is 6.54 Å². The molecule has 1 aliphatic heterocycles. The molecular weight excluding hydrogens is 264 g/mol. The molecule has 0 amide bonds. The van der Waals surface area contributed by atoms with Crippen LogP contribution in [-0.4, -0.2) is 42.6 Å². The van der Waals surface area contributed by atoms with Crippen LogP contribution in [0.2, 0.25) is 0 Å². The number of hydrogen-bond acceptors (Lipinski definition) is 6. The standard InChI is InChI=1S/C11H10N6O3/c18-11(19)8-2-1-5-15(6-8)7-9-3-4-10-13-17(20)14-16(10)12-9/h1-5H,6-7H2,(H,18,19). The monoisotopic (exact) mass is 274 g/mol. The van der Waals surface area contributed by atoms with Crippen LogP contribution in [0, 0.1) is 5.21 Å². The lowest BCUT2D eigenvalue weighted by Crippen LogP contribution is -2.31. The summed E-state index contributed by atoms with van der Waals surface area (Å²) in [5, 5.41) is 31.1. The van der Waals surface area contributed by atoms with Gasteiger partial charge in [-0.1, -0.05) is 5.10 Å². The van der Waals surface area contributed by atoms with Crippen LogP contribution in [0.5, 0.6) is 0 Å². The first-order valence-corrected chi connectivity index (χ1v) is 5.79. The zero-order chi connectivity index (χ0) is 14.1. The summed E-state index contributed by atoms with van der Waals surface area (Å²) in [5.74, 6) is -0.938. The quantitative estimate of drug-likeness (QED) is 0.570. The lowest BCUT2D eigenvalue weighted by Gasteiger charge is -2.21. The number of allylic oxidation sites excluding steroid dienone is 2. The molecule has 0 radical (unpaired) electrons. The third-order valence-corrected chi connectivity index (χ3v) is 2.81. The third-order valence-electron chi connectivity index (χ3n) is 2.81. The molecule has 0 saturated heterocycles. The number of carboxylic acids is 1. The zero-order valence-electron chi connectivity index (χ0n) is 10.2. The topological polar surface area (TPSA) is 111 Å². The fraction of sp³-hybridized carbons (Fsp3) is 0.182. The maximum Gasteiger partial charge on any atom is 0.333 e. The Bertz CT molecular complexity index is 735. The Hall–Kier alpha value is -2.97. The first-order valence-electron chi connectivity index (χ1n) is 5.79. The van der Waals surface area contributed by atoms with Crippen molar-refractivity contribution in [2.45, 2.75) is 6.54 Å². The Morgan fingerprint density at radius 1 is 1.50 bits per heavy atom. The Labute approximate surface area is 112 Å². The maximum atomic E-state index is 10.9. The Morgan fingerprint density at radius 2 is 2.35 bits per heavy atom. The summed E-state index contributed by atoms with van der Waals surface area (Å²) in [7, 11) is 0. The molecule has 1 N–H and O–H groups in total. The molecule has 0 saturated carbocycles. The van der Waals surface area contributed by atoms with Crippen molar-refractivity contribution in [3.63, 3.8) is 0 Å². The number of fused-ring (bicyclic) bond motifs is 1. The minimum Gasteiger partial charge on any atom is -0.671 e. The lowest BCUT2D eigenvalue weighted by molar-refractivity contribution is -0.726. The Morgan fingerprint density at radius 3 is 3.15 bits per heavy atom.